The minimum Gasteiger partial charge on any atom is -0.320 e. The van der Waals surface area contributed by atoms with Crippen molar-refractivity contribution in [2.24, 2.45) is 0 Å². The first kappa shape index (κ1) is 18.0. The predicted octanol–water partition coefficient (Wildman–Crippen LogP) is 4.27. The Balaban J connectivity index is 1.57. The molecule has 4 heterocycles. The number of pyridine rings is 2. The van der Waals surface area contributed by atoms with Gasteiger partial charge < -0.3 is 5.32 Å². The molecular formula is C22H19N7O. The molecule has 5 aromatic rings. The van der Waals surface area contributed by atoms with Crippen LogP contribution in [0.4, 0.5) is 5.69 Å². The van der Waals surface area contributed by atoms with Gasteiger partial charge in [0.2, 0.25) is 0 Å². The number of amides is 1. The number of nitrogens with one attached hydrogen (secondary N) is 3. The smallest absolute Gasteiger partial charge is 0.274 e. The molecule has 0 aliphatic heterocycles. The Labute approximate surface area is 171 Å². The van der Waals surface area contributed by atoms with Crippen molar-refractivity contribution in [2.45, 2.75) is 19.8 Å². The number of hydrogen-bond acceptors (Lipinski definition) is 5. The molecule has 4 aromatic heterocycles. The Morgan fingerprint density at radius 3 is 2.73 bits per heavy atom. The van der Waals surface area contributed by atoms with Crippen LogP contribution in [0.5, 0.6) is 0 Å². The van der Waals surface area contributed by atoms with Crippen LogP contribution in [0, 0.1) is 0 Å². The number of nitrogens with zero attached hydrogens (tertiary/aromatic N) is 4. The second-order valence-corrected chi connectivity index (χ2v) is 7.44. The first-order valence-corrected chi connectivity index (χ1v) is 9.63. The van der Waals surface area contributed by atoms with Crippen LogP contribution >= 0.6 is 0 Å². The average molecular weight is 397 g/mol. The highest BCUT2D eigenvalue weighted by Crippen LogP contribution is 2.31. The summed E-state index contributed by atoms with van der Waals surface area (Å²) in [6, 6.07) is 9.70. The van der Waals surface area contributed by atoms with Gasteiger partial charge in [-0.3, -0.25) is 20.0 Å². The number of carbonyl (C=O) groups is 1. The normalized spacial score (nSPS) is 11.4. The number of H-pyrrole nitrogens is 2. The van der Waals surface area contributed by atoms with Crippen molar-refractivity contribution < 1.29 is 4.79 Å². The lowest BCUT2D eigenvalue weighted by atomic mass is 10.0. The van der Waals surface area contributed by atoms with E-state index < -0.39 is 0 Å². The number of aromatic nitrogens is 6. The molecule has 5 rings (SSSR count). The van der Waals surface area contributed by atoms with Crippen molar-refractivity contribution in [3.63, 3.8) is 0 Å². The third-order valence-electron chi connectivity index (χ3n) is 5.11. The highest BCUT2D eigenvalue weighted by Gasteiger charge is 2.17. The molecule has 3 N–H and O–H groups in total. The Morgan fingerprint density at radius 2 is 1.87 bits per heavy atom. The number of fused-ring (bicyclic) bond motifs is 2. The summed E-state index contributed by atoms with van der Waals surface area (Å²) in [5, 5.41) is 18.8. The maximum atomic E-state index is 13.1. The van der Waals surface area contributed by atoms with Crippen molar-refractivity contribution in [2.75, 3.05) is 5.32 Å². The van der Waals surface area contributed by atoms with Crippen molar-refractivity contribution in [3.8, 4) is 11.1 Å². The molecule has 1 amide bonds. The molecule has 0 unspecified atom stereocenters. The Morgan fingerprint density at radius 1 is 1.00 bits per heavy atom. The summed E-state index contributed by atoms with van der Waals surface area (Å²) in [4.78, 5) is 21.8. The van der Waals surface area contributed by atoms with Gasteiger partial charge in [0.05, 0.1) is 23.6 Å². The molecule has 0 saturated heterocycles. The number of carbonyl (C=O) groups excluding carboxylic acids is 1. The maximum Gasteiger partial charge on any atom is 0.274 e. The van der Waals surface area contributed by atoms with Crippen LogP contribution in [-0.2, 0) is 0 Å². The molecule has 0 radical (unpaired) electrons. The highest BCUT2D eigenvalue weighted by molar-refractivity contribution is 6.09. The lowest BCUT2D eigenvalue weighted by Gasteiger charge is -2.13. The van der Waals surface area contributed by atoms with E-state index in [2.05, 4.69) is 35.7 Å². The fraction of sp³-hybridized carbons (Fsp3) is 0.136. The zero-order valence-electron chi connectivity index (χ0n) is 16.5. The van der Waals surface area contributed by atoms with Gasteiger partial charge in [-0.05, 0) is 41.3 Å². The largest absolute Gasteiger partial charge is 0.320 e. The molecule has 0 atom stereocenters. The Kier molecular flexibility index (Phi) is 4.24. The van der Waals surface area contributed by atoms with Crippen molar-refractivity contribution in [1.29, 1.82) is 0 Å². The van der Waals surface area contributed by atoms with Gasteiger partial charge in [0.25, 0.3) is 5.91 Å². The van der Waals surface area contributed by atoms with E-state index in [1.807, 2.05) is 44.2 Å². The fourth-order valence-electron chi connectivity index (χ4n) is 3.57. The average Bonchev–Trinajstić information content (AvgIpc) is 3.42. The first-order chi connectivity index (χ1) is 14.6. The minimum atomic E-state index is -0.248. The molecule has 0 bridgehead atoms. The molecule has 8 heteroatoms. The van der Waals surface area contributed by atoms with Crippen LogP contribution in [0.2, 0.25) is 0 Å². The number of rotatable bonds is 4. The Hall–Kier alpha value is -4.07. The van der Waals surface area contributed by atoms with Crippen LogP contribution in [0.25, 0.3) is 33.1 Å². The van der Waals surface area contributed by atoms with E-state index in [0.29, 0.717) is 11.4 Å². The standard InChI is InChI=1S/C22H19N7O/c1-12(2)16-4-3-5-23-20(16)22(30)27-18-7-13(8-19-17(18)11-26-28-19)14-6-15-10-25-29-21(15)24-9-14/h3-12H,1-2H3,(H,26,28)(H,27,30)(H,24,25,29). The second-order valence-electron chi connectivity index (χ2n) is 7.44. The maximum absolute atomic E-state index is 13.1. The third-order valence-corrected chi connectivity index (χ3v) is 5.11. The lowest BCUT2D eigenvalue weighted by Crippen LogP contribution is -2.16. The van der Waals surface area contributed by atoms with Gasteiger partial charge >= 0.3 is 0 Å². The molecule has 1 aromatic carbocycles. The topological polar surface area (TPSA) is 112 Å². The summed E-state index contributed by atoms with van der Waals surface area (Å²) in [7, 11) is 0. The van der Waals surface area contributed by atoms with Gasteiger partial charge in [-0.1, -0.05) is 19.9 Å². The molecule has 0 fully saturated rings. The van der Waals surface area contributed by atoms with Crippen LogP contribution in [0.3, 0.4) is 0 Å². The number of hydrogen-bond donors (Lipinski definition) is 3. The van der Waals surface area contributed by atoms with Crippen LogP contribution in [0.15, 0.2) is 55.1 Å². The number of benzene rings is 1. The van der Waals surface area contributed by atoms with Gasteiger partial charge in [0, 0.05) is 28.7 Å². The molecule has 30 heavy (non-hydrogen) atoms. The van der Waals surface area contributed by atoms with Gasteiger partial charge in [-0.2, -0.15) is 10.2 Å². The van der Waals surface area contributed by atoms with E-state index in [0.717, 1.165) is 38.6 Å². The molecule has 0 aliphatic rings. The molecule has 0 saturated carbocycles. The molecule has 148 valence electrons. The molecule has 8 nitrogen and oxygen atoms in total. The highest BCUT2D eigenvalue weighted by atomic mass is 16.1. The quantitative estimate of drug-likeness (QED) is 0.419. The summed E-state index contributed by atoms with van der Waals surface area (Å²) in [5.74, 6) is -0.0603. The van der Waals surface area contributed by atoms with Gasteiger partial charge in [0.1, 0.15) is 5.69 Å². The zero-order valence-corrected chi connectivity index (χ0v) is 16.5. The van der Waals surface area contributed by atoms with Crippen molar-refractivity contribution in [1.82, 2.24) is 30.4 Å². The van der Waals surface area contributed by atoms with Crippen LogP contribution in [-0.4, -0.2) is 36.3 Å². The number of anilines is 1. The second kappa shape index (κ2) is 7.07. The Bertz CT molecular complexity index is 1380. The predicted molar refractivity (Wildman–Crippen MR) is 115 cm³/mol. The summed E-state index contributed by atoms with van der Waals surface area (Å²) in [5.41, 5.74) is 5.36. The SMILES string of the molecule is CC(C)c1cccnc1C(=O)Nc1cc(-c2cnc3[nH]ncc3c2)cc2[nH]ncc12. The van der Waals surface area contributed by atoms with E-state index in [1.54, 1.807) is 24.8 Å². The lowest BCUT2D eigenvalue weighted by molar-refractivity contribution is 0.102. The minimum absolute atomic E-state index is 0.187. The van der Waals surface area contributed by atoms with E-state index in [1.165, 1.54) is 0 Å². The number of aromatic amines is 2. The fourth-order valence-corrected chi connectivity index (χ4v) is 3.57. The summed E-state index contributed by atoms with van der Waals surface area (Å²) >= 11 is 0. The van der Waals surface area contributed by atoms with Gasteiger partial charge in [-0.15, -0.1) is 0 Å². The molecule has 0 spiro atoms. The summed E-state index contributed by atoms with van der Waals surface area (Å²) < 4.78 is 0. The van der Waals surface area contributed by atoms with E-state index >= 15 is 0 Å². The van der Waals surface area contributed by atoms with Crippen molar-refractivity contribution >= 4 is 33.5 Å². The monoisotopic (exact) mass is 397 g/mol. The summed E-state index contributed by atoms with van der Waals surface area (Å²) in [6.45, 7) is 4.09. The van der Waals surface area contributed by atoms with Crippen LogP contribution < -0.4 is 5.32 Å². The molecular weight excluding hydrogens is 378 g/mol. The van der Waals surface area contributed by atoms with Crippen molar-refractivity contribution in [3.05, 3.63) is 66.4 Å². The van der Waals surface area contributed by atoms with Gasteiger partial charge in [-0.25, -0.2) is 4.98 Å². The zero-order chi connectivity index (χ0) is 20.7. The first-order valence-electron chi connectivity index (χ1n) is 9.63. The van der Waals surface area contributed by atoms with Crippen LogP contribution in [0.1, 0.15) is 35.8 Å². The third kappa shape index (κ3) is 3.08. The summed E-state index contributed by atoms with van der Waals surface area (Å²) in [6.07, 6.45) is 6.85. The van der Waals surface area contributed by atoms with Gasteiger partial charge in [0.15, 0.2) is 5.65 Å². The van der Waals surface area contributed by atoms with E-state index in [9.17, 15) is 4.79 Å². The van der Waals surface area contributed by atoms with E-state index in [4.69, 9.17) is 0 Å². The van der Waals surface area contributed by atoms with E-state index in [-0.39, 0.29) is 11.8 Å². The molecule has 0 aliphatic carbocycles.